The van der Waals surface area contributed by atoms with Gasteiger partial charge in [0.25, 0.3) is 0 Å². The number of hydrogen-bond acceptors (Lipinski definition) is 6. The number of nitrogens with zero attached hydrogens (tertiary/aromatic N) is 4. The maximum Gasteiger partial charge on any atom is 0.169 e. The molecule has 6 nitrogen and oxygen atoms in total. The minimum absolute atomic E-state index is 0.296. The van der Waals surface area contributed by atoms with E-state index in [1.165, 1.54) is 0 Å². The maximum absolute atomic E-state index is 9.06. The van der Waals surface area contributed by atoms with Crippen LogP contribution >= 0.6 is 0 Å². The molecule has 19 heavy (non-hydrogen) atoms. The van der Waals surface area contributed by atoms with Crippen LogP contribution in [-0.4, -0.2) is 42.5 Å². The maximum atomic E-state index is 9.06. The van der Waals surface area contributed by atoms with Crippen molar-refractivity contribution in [3.63, 3.8) is 0 Å². The summed E-state index contributed by atoms with van der Waals surface area (Å²) in [6.07, 6.45) is 4.65. The highest BCUT2D eigenvalue weighted by atomic mass is 16.5. The summed E-state index contributed by atoms with van der Waals surface area (Å²) in [5.74, 6) is 0.686. The number of ether oxygens (including phenoxy) is 1. The predicted molar refractivity (Wildman–Crippen MR) is 71.6 cm³/mol. The summed E-state index contributed by atoms with van der Waals surface area (Å²) in [6, 6.07) is 3.86. The average molecular weight is 261 g/mol. The molecule has 6 heteroatoms. The average Bonchev–Trinajstić information content (AvgIpc) is 2.48. The van der Waals surface area contributed by atoms with Crippen molar-refractivity contribution in [2.24, 2.45) is 5.73 Å². The SMILES string of the molecule is N#Cc1ccnnc1N1CCC(OCCCN)CC1. The second-order valence-corrected chi connectivity index (χ2v) is 4.58. The van der Waals surface area contributed by atoms with Crippen LogP contribution in [-0.2, 0) is 4.74 Å². The fourth-order valence-corrected chi connectivity index (χ4v) is 2.21. The monoisotopic (exact) mass is 261 g/mol. The Bertz CT molecular complexity index is 437. The van der Waals surface area contributed by atoms with Gasteiger partial charge in [-0.1, -0.05) is 0 Å². The van der Waals surface area contributed by atoms with E-state index in [1.807, 2.05) is 0 Å². The first kappa shape index (κ1) is 13.7. The quantitative estimate of drug-likeness (QED) is 0.784. The number of nitrogens with two attached hydrogens (primary N) is 1. The number of aromatic nitrogens is 2. The highest BCUT2D eigenvalue weighted by Gasteiger charge is 2.22. The smallest absolute Gasteiger partial charge is 0.169 e. The lowest BCUT2D eigenvalue weighted by atomic mass is 10.1. The van der Waals surface area contributed by atoms with E-state index in [4.69, 9.17) is 15.7 Å². The van der Waals surface area contributed by atoms with Crippen molar-refractivity contribution in [3.8, 4) is 6.07 Å². The van der Waals surface area contributed by atoms with Crippen LogP contribution in [0.1, 0.15) is 24.8 Å². The van der Waals surface area contributed by atoms with E-state index in [1.54, 1.807) is 12.3 Å². The Morgan fingerprint density at radius 2 is 2.26 bits per heavy atom. The van der Waals surface area contributed by atoms with Crippen molar-refractivity contribution in [1.82, 2.24) is 10.2 Å². The molecule has 2 N–H and O–H groups in total. The molecule has 0 saturated carbocycles. The number of rotatable bonds is 5. The van der Waals surface area contributed by atoms with E-state index >= 15 is 0 Å². The van der Waals surface area contributed by atoms with Gasteiger partial charge in [-0.2, -0.15) is 10.4 Å². The topological polar surface area (TPSA) is 88.1 Å². The second-order valence-electron chi connectivity index (χ2n) is 4.58. The summed E-state index contributed by atoms with van der Waals surface area (Å²) < 4.78 is 5.76. The first-order chi connectivity index (χ1) is 9.35. The normalized spacial score (nSPS) is 16.3. The van der Waals surface area contributed by atoms with Gasteiger partial charge in [-0.05, 0) is 31.9 Å². The Balaban J connectivity index is 1.88. The number of nitriles is 1. The predicted octanol–water partition coefficient (Wildman–Crippen LogP) is 0.682. The molecule has 1 aliphatic heterocycles. The number of anilines is 1. The largest absolute Gasteiger partial charge is 0.378 e. The summed E-state index contributed by atoms with van der Waals surface area (Å²) in [5.41, 5.74) is 6.02. The van der Waals surface area contributed by atoms with Crippen LogP contribution in [0.15, 0.2) is 12.3 Å². The molecule has 0 radical (unpaired) electrons. The van der Waals surface area contributed by atoms with Crippen LogP contribution in [0.4, 0.5) is 5.82 Å². The molecular formula is C13H19N5O. The van der Waals surface area contributed by atoms with E-state index in [0.29, 0.717) is 24.0 Å². The van der Waals surface area contributed by atoms with E-state index in [-0.39, 0.29) is 0 Å². The summed E-state index contributed by atoms with van der Waals surface area (Å²) >= 11 is 0. The molecule has 1 aliphatic rings. The van der Waals surface area contributed by atoms with E-state index in [9.17, 15) is 0 Å². The molecule has 2 heterocycles. The first-order valence-electron chi connectivity index (χ1n) is 6.63. The molecule has 0 bridgehead atoms. The van der Waals surface area contributed by atoms with Crippen LogP contribution in [0.5, 0.6) is 0 Å². The number of piperidine rings is 1. The molecule has 0 aromatic carbocycles. The fraction of sp³-hybridized carbons (Fsp3) is 0.615. The van der Waals surface area contributed by atoms with E-state index < -0.39 is 0 Å². The molecule has 1 aromatic rings. The third-order valence-corrected chi connectivity index (χ3v) is 3.27. The van der Waals surface area contributed by atoms with Gasteiger partial charge in [-0.25, -0.2) is 0 Å². The van der Waals surface area contributed by atoms with E-state index in [0.717, 1.165) is 39.0 Å². The Labute approximate surface area is 113 Å². The van der Waals surface area contributed by atoms with Crippen molar-refractivity contribution in [2.45, 2.75) is 25.4 Å². The lowest BCUT2D eigenvalue weighted by molar-refractivity contribution is 0.0365. The van der Waals surface area contributed by atoms with Gasteiger partial charge in [0.1, 0.15) is 6.07 Å². The van der Waals surface area contributed by atoms with Crippen molar-refractivity contribution in [2.75, 3.05) is 31.1 Å². The van der Waals surface area contributed by atoms with Crippen molar-refractivity contribution >= 4 is 5.82 Å². The van der Waals surface area contributed by atoms with Gasteiger partial charge in [0.15, 0.2) is 5.82 Å². The molecule has 0 aliphatic carbocycles. The Morgan fingerprint density at radius 1 is 1.47 bits per heavy atom. The standard InChI is InChI=1S/C13H19N5O/c14-5-1-9-19-12-3-7-18(8-4-12)13-11(10-15)2-6-16-17-13/h2,6,12H,1,3-5,7-9,14H2. The highest BCUT2D eigenvalue weighted by molar-refractivity contribution is 5.52. The molecule has 102 valence electrons. The Hall–Kier alpha value is -1.71. The lowest BCUT2D eigenvalue weighted by Crippen LogP contribution is -2.38. The van der Waals surface area contributed by atoms with Crippen LogP contribution < -0.4 is 10.6 Å². The summed E-state index contributed by atoms with van der Waals surface area (Å²) in [4.78, 5) is 2.11. The minimum atomic E-state index is 0.296. The molecule has 0 amide bonds. The fourth-order valence-electron chi connectivity index (χ4n) is 2.21. The van der Waals surface area contributed by atoms with Crippen LogP contribution in [0.3, 0.4) is 0 Å². The van der Waals surface area contributed by atoms with Gasteiger partial charge >= 0.3 is 0 Å². The molecule has 1 aromatic heterocycles. The van der Waals surface area contributed by atoms with Crippen LogP contribution in [0.25, 0.3) is 0 Å². The first-order valence-corrected chi connectivity index (χ1v) is 6.63. The van der Waals surface area contributed by atoms with Crippen LogP contribution in [0, 0.1) is 11.3 Å². The van der Waals surface area contributed by atoms with Gasteiger partial charge in [-0.15, -0.1) is 5.10 Å². The lowest BCUT2D eigenvalue weighted by Gasteiger charge is -2.32. The van der Waals surface area contributed by atoms with Gasteiger partial charge in [-0.3, -0.25) is 0 Å². The molecular weight excluding hydrogens is 242 g/mol. The van der Waals surface area contributed by atoms with Gasteiger partial charge < -0.3 is 15.4 Å². The van der Waals surface area contributed by atoms with E-state index in [2.05, 4.69) is 21.2 Å². The van der Waals surface area contributed by atoms with Crippen molar-refractivity contribution in [1.29, 1.82) is 5.26 Å². The third kappa shape index (κ3) is 3.63. The molecule has 0 unspecified atom stereocenters. The molecule has 0 atom stereocenters. The Kier molecular flexibility index (Phi) is 5.07. The van der Waals surface area contributed by atoms with Crippen molar-refractivity contribution < 1.29 is 4.74 Å². The zero-order valence-electron chi connectivity index (χ0n) is 11.0. The zero-order chi connectivity index (χ0) is 13.5. The summed E-state index contributed by atoms with van der Waals surface area (Å²) in [7, 11) is 0. The molecule has 1 saturated heterocycles. The molecule has 1 fully saturated rings. The van der Waals surface area contributed by atoms with Gasteiger partial charge in [0.2, 0.25) is 0 Å². The number of hydrogen-bond donors (Lipinski definition) is 1. The second kappa shape index (κ2) is 7.02. The molecule has 2 rings (SSSR count). The minimum Gasteiger partial charge on any atom is -0.378 e. The summed E-state index contributed by atoms with van der Waals surface area (Å²) in [6.45, 7) is 3.10. The highest BCUT2D eigenvalue weighted by Crippen LogP contribution is 2.21. The van der Waals surface area contributed by atoms with Gasteiger partial charge in [0, 0.05) is 19.7 Å². The third-order valence-electron chi connectivity index (χ3n) is 3.27. The van der Waals surface area contributed by atoms with Crippen molar-refractivity contribution in [3.05, 3.63) is 17.8 Å². The zero-order valence-corrected chi connectivity index (χ0v) is 11.0. The van der Waals surface area contributed by atoms with Crippen LogP contribution in [0.2, 0.25) is 0 Å². The van der Waals surface area contributed by atoms with Gasteiger partial charge in [0.05, 0.1) is 17.9 Å². The summed E-state index contributed by atoms with van der Waals surface area (Å²) in [5, 5.41) is 17.0. The molecule has 0 spiro atoms. The Morgan fingerprint density at radius 3 is 2.95 bits per heavy atom.